The number of sulfonamides is 1. The Balaban J connectivity index is 2.08. The summed E-state index contributed by atoms with van der Waals surface area (Å²) in [6.07, 6.45) is -3.09. The molecule has 0 amide bonds. The zero-order valence-electron chi connectivity index (χ0n) is 14.6. The first kappa shape index (κ1) is 20.2. The molecule has 0 unspecified atom stereocenters. The summed E-state index contributed by atoms with van der Waals surface area (Å²) in [7, 11) is -4.38. The Morgan fingerprint density at radius 3 is 2.33 bits per heavy atom. The molecule has 2 aromatic carbocycles. The van der Waals surface area contributed by atoms with Crippen LogP contribution in [0.25, 0.3) is 0 Å². The third-order valence-corrected chi connectivity index (χ3v) is 7.00. The van der Waals surface area contributed by atoms with E-state index in [4.69, 9.17) is 11.6 Å². The minimum atomic E-state index is -4.82. The molecule has 1 aliphatic rings. The van der Waals surface area contributed by atoms with Crippen molar-refractivity contribution in [3.05, 3.63) is 64.7 Å². The Bertz CT molecular complexity index is 912. The van der Waals surface area contributed by atoms with Crippen molar-refractivity contribution >= 4 is 21.6 Å². The average molecular weight is 418 g/mol. The lowest BCUT2D eigenvalue weighted by molar-refractivity contribution is -0.139. The summed E-state index contributed by atoms with van der Waals surface area (Å²) in [6.45, 7) is 1.77. The van der Waals surface area contributed by atoms with Crippen molar-refractivity contribution in [1.29, 1.82) is 0 Å². The number of benzene rings is 2. The van der Waals surface area contributed by atoms with E-state index in [1.54, 1.807) is 37.3 Å². The van der Waals surface area contributed by atoms with Gasteiger partial charge in [-0.25, -0.2) is 8.42 Å². The Morgan fingerprint density at radius 2 is 1.78 bits per heavy atom. The molecule has 0 spiro atoms. The monoisotopic (exact) mass is 417 g/mol. The largest absolute Gasteiger partial charge is 0.417 e. The molecule has 1 aliphatic carbocycles. The zero-order valence-corrected chi connectivity index (χ0v) is 16.2. The van der Waals surface area contributed by atoms with E-state index >= 15 is 0 Å². The van der Waals surface area contributed by atoms with Gasteiger partial charge >= 0.3 is 6.18 Å². The van der Waals surface area contributed by atoms with Crippen molar-refractivity contribution in [2.75, 3.05) is 0 Å². The van der Waals surface area contributed by atoms with E-state index in [9.17, 15) is 21.6 Å². The predicted molar refractivity (Wildman–Crippen MR) is 97.8 cm³/mol. The van der Waals surface area contributed by atoms with Gasteiger partial charge in [0.15, 0.2) is 0 Å². The van der Waals surface area contributed by atoms with Crippen LogP contribution >= 0.6 is 11.6 Å². The maximum atomic E-state index is 13.5. The molecule has 1 atom stereocenters. The molecule has 146 valence electrons. The van der Waals surface area contributed by atoms with Gasteiger partial charge in [0.25, 0.3) is 0 Å². The molecule has 0 saturated heterocycles. The van der Waals surface area contributed by atoms with E-state index in [1.165, 1.54) is 10.4 Å². The standard InChI is InChI=1S/C19H19ClF3NO2S/c1-13(15-7-8-15)24(12-14-5-3-2-4-6-14)27(25,26)18-10-9-16(20)11-17(18)19(21,22)23/h2-6,9-11,13,15H,7-8,12H2,1H3/t13-/m1/s1. The van der Waals surface area contributed by atoms with Gasteiger partial charge in [-0.1, -0.05) is 41.9 Å². The number of hydrogen-bond acceptors (Lipinski definition) is 2. The van der Waals surface area contributed by atoms with Crippen molar-refractivity contribution in [1.82, 2.24) is 4.31 Å². The molecule has 3 rings (SSSR count). The molecule has 3 nitrogen and oxygen atoms in total. The van der Waals surface area contributed by atoms with Crippen LogP contribution in [-0.4, -0.2) is 18.8 Å². The summed E-state index contributed by atoms with van der Waals surface area (Å²) in [5, 5.41) is -0.161. The molecule has 1 fully saturated rings. The lowest BCUT2D eigenvalue weighted by Crippen LogP contribution is -2.40. The normalized spacial score (nSPS) is 16.5. The first-order chi connectivity index (χ1) is 12.6. The summed E-state index contributed by atoms with van der Waals surface area (Å²) >= 11 is 5.70. The van der Waals surface area contributed by atoms with Crippen molar-refractivity contribution < 1.29 is 21.6 Å². The van der Waals surface area contributed by atoms with Crippen molar-refractivity contribution in [3.63, 3.8) is 0 Å². The van der Waals surface area contributed by atoms with Crippen LogP contribution in [0.3, 0.4) is 0 Å². The highest BCUT2D eigenvalue weighted by molar-refractivity contribution is 7.89. The molecule has 1 saturated carbocycles. The van der Waals surface area contributed by atoms with Gasteiger partial charge in [0.1, 0.15) is 0 Å². The van der Waals surface area contributed by atoms with Gasteiger partial charge in [-0.05, 0) is 49.4 Å². The van der Waals surface area contributed by atoms with Crippen LogP contribution in [0, 0.1) is 5.92 Å². The molecule has 0 bridgehead atoms. The van der Waals surface area contributed by atoms with E-state index in [1.807, 2.05) is 0 Å². The first-order valence-electron chi connectivity index (χ1n) is 8.53. The van der Waals surface area contributed by atoms with Gasteiger partial charge in [0.05, 0.1) is 10.5 Å². The van der Waals surface area contributed by atoms with E-state index in [2.05, 4.69) is 0 Å². The fourth-order valence-electron chi connectivity index (χ4n) is 3.10. The maximum absolute atomic E-state index is 13.5. The van der Waals surface area contributed by atoms with Crippen molar-refractivity contribution in [2.45, 2.75) is 43.4 Å². The Labute approximate surface area is 161 Å². The second-order valence-corrected chi connectivity index (χ2v) is 9.05. The van der Waals surface area contributed by atoms with Gasteiger partial charge < -0.3 is 0 Å². The molecule has 0 N–H and O–H groups in total. The van der Waals surface area contributed by atoms with Gasteiger partial charge in [0.2, 0.25) is 10.0 Å². The van der Waals surface area contributed by atoms with Crippen LogP contribution < -0.4 is 0 Å². The quantitative estimate of drug-likeness (QED) is 0.635. The minimum absolute atomic E-state index is 0.0146. The van der Waals surface area contributed by atoms with E-state index in [0.29, 0.717) is 6.07 Å². The fourth-order valence-corrected chi connectivity index (χ4v) is 5.15. The maximum Gasteiger partial charge on any atom is 0.417 e. The fraction of sp³-hybridized carbons (Fsp3) is 0.368. The molecule has 27 heavy (non-hydrogen) atoms. The predicted octanol–water partition coefficient (Wildman–Crippen LogP) is 5.35. The number of rotatable bonds is 6. The van der Waals surface area contributed by atoms with Crippen molar-refractivity contribution in [3.8, 4) is 0 Å². The Kier molecular flexibility index (Phi) is 5.57. The second-order valence-electron chi connectivity index (χ2n) is 6.75. The van der Waals surface area contributed by atoms with Crippen LogP contribution in [0.2, 0.25) is 5.02 Å². The summed E-state index contributed by atoms with van der Waals surface area (Å²) in [5.41, 5.74) is -0.521. The van der Waals surface area contributed by atoms with E-state index in [-0.39, 0.29) is 17.5 Å². The van der Waals surface area contributed by atoms with Crippen LogP contribution in [-0.2, 0) is 22.7 Å². The van der Waals surface area contributed by atoms with Gasteiger partial charge in [-0.3, -0.25) is 0 Å². The molecule has 2 aromatic rings. The lowest BCUT2D eigenvalue weighted by atomic mass is 10.2. The Morgan fingerprint density at radius 1 is 1.15 bits per heavy atom. The van der Waals surface area contributed by atoms with Crippen LogP contribution in [0.15, 0.2) is 53.4 Å². The number of hydrogen-bond donors (Lipinski definition) is 0. The molecular formula is C19H19ClF3NO2S. The molecule has 8 heteroatoms. The van der Waals surface area contributed by atoms with E-state index in [0.717, 1.165) is 24.5 Å². The molecule has 0 radical (unpaired) electrons. The number of halogens is 4. The third-order valence-electron chi connectivity index (χ3n) is 4.77. The van der Waals surface area contributed by atoms with Crippen LogP contribution in [0.4, 0.5) is 13.2 Å². The SMILES string of the molecule is C[C@H](C1CC1)N(Cc1ccccc1)S(=O)(=O)c1ccc(Cl)cc1C(F)(F)F. The summed E-state index contributed by atoms with van der Waals surface area (Å²) in [5.74, 6) is 0.158. The highest BCUT2D eigenvalue weighted by atomic mass is 35.5. The highest BCUT2D eigenvalue weighted by Gasteiger charge is 2.43. The van der Waals surface area contributed by atoms with Crippen LogP contribution in [0.5, 0.6) is 0 Å². The Hall–Kier alpha value is -1.57. The summed E-state index contributed by atoms with van der Waals surface area (Å²) in [6, 6.07) is 11.2. The molecule has 0 aliphatic heterocycles. The second kappa shape index (κ2) is 7.45. The number of nitrogens with zero attached hydrogens (tertiary/aromatic N) is 1. The van der Waals surface area contributed by atoms with Gasteiger partial charge in [0, 0.05) is 17.6 Å². The highest BCUT2D eigenvalue weighted by Crippen LogP contribution is 2.41. The van der Waals surface area contributed by atoms with Gasteiger partial charge in [-0.2, -0.15) is 17.5 Å². The summed E-state index contributed by atoms with van der Waals surface area (Å²) in [4.78, 5) is -0.761. The summed E-state index contributed by atoms with van der Waals surface area (Å²) < 4.78 is 68.2. The topological polar surface area (TPSA) is 37.4 Å². The van der Waals surface area contributed by atoms with Crippen LogP contribution in [0.1, 0.15) is 30.9 Å². The van der Waals surface area contributed by atoms with E-state index < -0.39 is 32.7 Å². The van der Waals surface area contributed by atoms with Gasteiger partial charge in [-0.15, -0.1) is 0 Å². The zero-order chi connectivity index (χ0) is 19.8. The number of alkyl halides is 3. The molecular weight excluding hydrogens is 399 g/mol. The van der Waals surface area contributed by atoms with Crippen molar-refractivity contribution in [2.24, 2.45) is 5.92 Å². The lowest BCUT2D eigenvalue weighted by Gasteiger charge is -2.29. The first-order valence-corrected chi connectivity index (χ1v) is 10.3. The minimum Gasteiger partial charge on any atom is -0.207 e. The third kappa shape index (κ3) is 4.47. The molecule has 0 aromatic heterocycles. The average Bonchev–Trinajstić information content (AvgIpc) is 3.44. The smallest absolute Gasteiger partial charge is 0.207 e. The molecule has 0 heterocycles.